The highest BCUT2D eigenvalue weighted by atomic mass is 16.6. The average molecular weight is 318 g/mol. The summed E-state index contributed by atoms with van der Waals surface area (Å²) in [7, 11) is 0. The summed E-state index contributed by atoms with van der Waals surface area (Å²) in [6.07, 6.45) is 1.83. The van der Waals surface area contributed by atoms with Gasteiger partial charge in [0.25, 0.3) is 5.69 Å². The second kappa shape index (κ2) is 7.69. The minimum Gasteiger partial charge on any atom is -0.486 e. The molecule has 0 aliphatic carbocycles. The van der Waals surface area contributed by atoms with Gasteiger partial charge in [0.2, 0.25) is 5.75 Å². The maximum Gasteiger partial charge on any atom is 0.406 e. The van der Waals surface area contributed by atoms with E-state index in [1.165, 1.54) is 18.3 Å². The molecule has 1 aromatic heterocycles. The summed E-state index contributed by atoms with van der Waals surface area (Å²) < 4.78 is 5.34. The highest BCUT2D eigenvalue weighted by Crippen LogP contribution is 2.24. The van der Waals surface area contributed by atoms with Gasteiger partial charge < -0.3 is 20.2 Å². The number of nitrogens with one attached hydrogen (secondary N) is 1. The van der Waals surface area contributed by atoms with E-state index in [0.717, 1.165) is 0 Å². The lowest BCUT2D eigenvalue weighted by Gasteiger charge is -2.08. The van der Waals surface area contributed by atoms with Crippen molar-refractivity contribution in [1.82, 2.24) is 4.98 Å². The van der Waals surface area contributed by atoms with Crippen molar-refractivity contribution in [2.75, 3.05) is 18.5 Å². The van der Waals surface area contributed by atoms with Crippen molar-refractivity contribution >= 4 is 17.2 Å². The van der Waals surface area contributed by atoms with Crippen molar-refractivity contribution < 1.29 is 14.6 Å². The molecule has 0 saturated carbocycles. The first-order valence-electron chi connectivity index (χ1n) is 6.79. The Morgan fingerprint density at radius 2 is 1.87 bits per heavy atom. The molecule has 0 spiro atoms. The van der Waals surface area contributed by atoms with Gasteiger partial charge in [0, 0.05) is 12.6 Å². The van der Waals surface area contributed by atoms with E-state index in [9.17, 15) is 20.2 Å². The highest BCUT2D eigenvalue weighted by molar-refractivity contribution is 5.60. The minimum absolute atomic E-state index is 0.00341. The summed E-state index contributed by atoms with van der Waals surface area (Å²) in [5.41, 5.74) is 0.418. The van der Waals surface area contributed by atoms with Gasteiger partial charge in [-0.2, -0.15) is 0 Å². The van der Waals surface area contributed by atoms with E-state index in [1.807, 2.05) is 0 Å². The van der Waals surface area contributed by atoms with Gasteiger partial charge in [-0.25, -0.2) is 0 Å². The number of anilines is 1. The Labute approximate surface area is 131 Å². The Hall–Kier alpha value is -3.23. The van der Waals surface area contributed by atoms with E-state index in [-0.39, 0.29) is 23.9 Å². The summed E-state index contributed by atoms with van der Waals surface area (Å²) >= 11 is 0. The van der Waals surface area contributed by atoms with E-state index in [4.69, 9.17) is 4.74 Å². The molecule has 1 N–H and O–H groups in total. The zero-order chi connectivity index (χ0) is 16.7. The fraction of sp³-hybridized carbons (Fsp3) is 0.214. The van der Waals surface area contributed by atoms with Crippen molar-refractivity contribution in [2.24, 2.45) is 0 Å². The standard InChI is InChI=1S/C14H14N4O5/c19-17(20)12-6-2-1-5-11(12)15-9-4-10-23-13-7-3-8-16-14(13)18(21)22/h1-3,5-8,15H,4,9-10H2. The molecule has 1 heterocycles. The van der Waals surface area contributed by atoms with Crippen LogP contribution in [-0.2, 0) is 0 Å². The molecule has 0 fully saturated rings. The Kier molecular flexibility index (Phi) is 5.40. The molecular formula is C14H14N4O5. The minimum atomic E-state index is -0.610. The zero-order valence-corrected chi connectivity index (χ0v) is 12.0. The number of rotatable bonds is 8. The van der Waals surface area contributed by atoms with E-state index in [0.29, 0.717) is 18.7 Å². The Morgan fingerprint density at radius 3 is 2.61 bits per heavy atom. The van der Waals surface area contributed by atoms with E-state index in [2.05, 4.69) is 10.3 Å². The molecule has 23 heavy (non-hydrogen) atoms. The molecule has 0 aliphatic heterocycles. The molecule has 1 aromatic carbocycles. The number of aromatic nitrogens is 1. The van der Waals surface area contributed by atoms with Gasteiger partial charge in [-0.3, -0.25) is 10.1 Å². The monoisotopic (exact) mass is 318 g/mol. The van der Waals surface area contributed by atoms with Crippen molar-refractivity contribution in [3.63, 3.8) is 0 Å². The quantitative estimate of drug-likeness (QED) is 0.451. The van der Waals surface area contributed by atoms with E-state index in [1.54, 1.807) is 24.3 Å². The summed E-state index contributed by atoms with van der Waals surface area (Å²) in [6, 6.07) is 9.34. The number of para-hydroxylation sites is 2. The average Bonchev–Trinajstić information content (AvgIpc) is 2.55. The third kappa shape index (κ3) is 4.37. The van der Waals surface area contributed by atoms with Crippen LogP contribution in [0.25, 0.3) is 0 Å². The molecule has 0 atom stereocenters. The molecule has 2 aromatic rings. The second-order valence-corrected chi connectivity index (χ2v) is 4.49. The molecule has 9 nitrogen and oxygen atoms in total. The molecule has 9 heteroatoms. The van der Waals surface area contributed by atoms with Gasteiger partial charge in [0.05, 0.1) is 11.5 Å². The number of hydrogen-bond acceptors (Lipinski definition) is 7. The number of benzene rings is 1. The van der Waals surface area contributed by atoms with Gasteiger partial charge in [0.15, 0.2) is 0 Å². The molecule has 120 valence electrons. The SMILES string of the molecule is O=[N+]([O-])c1ccccc1NCCCOc1cccnc1[N+](=O)[O-]. The fourth-order valence-corrected chi connectivity index (χ4v) is 1.89. The third-order valence-electron chi connectivity index (χ3n) is 2.92. The largest absolute Gasteiger partial charge is 0.486 e. The normalized spacial score (nSPS) is 10.1. The Balaban J connectivity index is 1.83. The van der Waals surface area contributed by atoms with Crippen molar-refractivity contribution in [1.29, 1.82) is 0 Å². The maximum atomic E-state index is 10.9. The molecule has 0 amide bonds. The molecule has 0 bridgehead atoms. The topological polar surface area (TPSA) is 120 Å². The van der Waals surface area contributed by atoms with Crippen LogP contribution in [0.1, 0.15) is 6.42 Å². The highest BCUT2D eigenvalue weighted by Gasteiger charge is 2.15. The molecule has 2 rings (SSSR count). The van der Waals surface area contributed by atoms with Gasteiger partial charge in [-0.15, -0.1) is 0 Å². The molecule has 0 unspecified atom stereocenters. The van der Waals surface area contributed by atoms with Gasteiger partial charge in [-0.05, 0) is 34.5 Å². The first kappa shape index (κ1) is 16.1. The smallest absolute Gasteiger partial charge is 0.406 e. The van der Waals surface area contributed by atoms with Gasteiger partial charge >= 0.3 is 5.82 Å². The molecule has 0 saturated heterocycles. The van der Waals surface area contributed by atoms with Crippen molar-refractivity contribution in [2.45, 2.75) is 6.42 Å². The second-order valence-electron chi connectivity index (χ2n) is 4.49. The number of hydrogen-bond donors (Lipinski definition) is 1. The summed E-state index contributed by atoms with van der Waals surface area (Å²) in [6.45, 7) is 0.652. The Bertz CT molecular complexity index is 648. The van der Waals surface area contributed by atoms with Crippen LogP contribution in [0.4, 0.5) is 17.2 Å². The molecular weight excluding hydrogens is 304 g/mol. The van der Waals surface area contributed by atoms with E-state index >= 15 is 0 Å². The number of nitro benzene ring substituents is 1. The lowest BCUT2D eigenvalue weighted by atomic mass is 10.2. The van der Waals surface area contributed by atoms with Crippen LogP contribution < -0.4 is 10.1 Å². The lowest BCUT2D eigenvalue weighted by molar-refractivity contribution is -0.390. The van der Waals surface area contributed by atoms with Crippen molar-refractivity contribution in [3.05, 3.63) is 62.8 Å². The van der Waals surface area contributed by atoms with Crippen LogP contribution >= 0.6 is 0 Å². The first-order chi connectivity index (χ1) is 11.1. The lowest BCUT2D eigenvalue weighted by Crippen LogP contribution is -2.09. The Morgan fingerprint density at radius 1 is 1.09 bits per heavy atom. The molecule has 0 radical (unpaired) electrons. The number of nitrogens with zero attached hydrogens (tertiary/aromatic N) is 3. The van der Waals surface area contributed by atoms with E-state index < -0.39 is 9.85 Å². The summed E-state index contributed by atoms with van der Waals surface area (Å²) in [4.78, 5) is 24.2. The number of nitro groups is 2. The summed E-state index contributed by atoms with van der Waals surface area (Å²) in [5, 5.41) is 24.6. The van der Waals surface area contributed by atoms with Crippen LogP contribution in [0.3, 0.4) is 0 Å². The third-order valence-corrected chi connectivity index (χ3v) is 2.92. The van der Waals surface area contributed by atoms with Crippen LogP contribution in [0.15, 0.2) is 42.6 Å². The maximum absolute atomic E-state index is 10.9. The van der Waals surface area contributed by atoms with Crippen LogP contribution in [0, 0.1) is 20.2 Å². The number of ether oxygens (including phenoxy) is 1. The summed E-state index contributed by atoms with van der Waals surface area (Å²) in [5.74, 6) is -0.234. The zero-order valence-electron chi connectivity index (χ0n) is 12.0. The van der Waals surface area contributed by atoms with Crippen molar-refractivity contribution in [3.8, 4) is 5.75 Å². The van der Waals surface area contributed by atoms with Crippen LogP contribution in [0.2, 0.25) is 0 Å². The van der Waals surface area contributed by atoms with Crippen LogP contribution in [-0.4, -0.2) is 28.0 Å². The predicted octanol–water partition coefficient (Wildman–Crippen LogP) is 2.78. The predicted molar refractivity (Wildman–Crippen MR) is 82.6 cm³/mol. The van der Waals surface area contributed by atoms with Gasteiger partial charge in [-0.1, -0.05) is 12.1 Å². The van der Waals surface area contributed by atoms with Gasteiger partial charge in [0.1, 0.15) is 11.9 Å². The number of pyridine rings is 1. The first-order valence-corrected chi connectivity index (χ1v) is 6.79. The fourth-order valence-electron chi connectivity index (χ4n) is 1.89. The van der Waals surface area contributed by atoms with Crippen LogP contribution in [0.5, 0.6) is 5.75 Å². The molecule has 0 aliphatic rings.